The molecule has 3 aromatic carbocycles. The van der Waals surface area contributed by atoms with Gasteiger partial charge in [-0.15, -0.1) is 0 Å². The summed E-state index contributed by atoms with van der Waals surface area (Å²) in [5.41, 5.74) is 3.81. The van der Waals surface area contributed by atoms with Crippen molar-refractivity contribution < 1.29 is 17.9 Å². The normalized spacial score (nSPS) is 21.1. The highest BCUT2D eigenvalue weighted by atomic mass is 32.2. The molecule has 0 saturated carbocycles. The maximum absolute atomic E-state index is 13.0. The molecule has 32 heavy (non-hydrogen) atoms. The summed E-state index contributed by atoms with van der Waals surface area (Å²) in [4.78, 5) is 13.1. The van der Waals surface area contributed by atoms with Crippen LogP contribution in [0.1, 0.15) is 35.3 Å². The van der Waals surface area contributed by atoms with Gasteiger partial charge in [0.25, 0.3) is 5.91 Å². The summed E-state index contributed by atoms with van der Waals surface area (Å²) in [5, 5.41) is 5.28. The van der Waals surface area contributed by atoms with Crippen LogP contribution in [0.25, 0.3) is 10.8 Å². The van der Waals surface area contributed by atoms with Crippen LogP contribution in [-0.2, 0) is 27.6 Å². The van der Waals surface area contributed by atoms with Gasteiger partial charge in [0, 0.05) is 29.7 Å². The van der Waals surface area contributed by atoms with Crippen LogP contribution in [-0.4, -0.2) is 43.9 Å². The number of benzene rings is 3. The van der Waals surface area contributed by atoms with Crippen LogP contribution in [0.3, 0.4) is 0 Å². The Morgan fingerprint density at radius 2 is 1.59 bits per heavy atom. The molecule has 2 aliphatic rings. The van der Waals surface area contributed by atoms with E-state index in [1.807, 2.05) is 32.0 Å². The highest BCUT2D eigenvalue weighted by Gasteiger charge is 2.32. The molecule has 1 fully saturated rings. The molecular weight excluding hydrogens is 424 g/mol. The maximum Gasteiger partial charge on any atom is 0.255 e. The van der Waals surface area contributed by atoms with Crippen molar-refractivity contribution in [1.82, 2.24) is 4.31 Å². The summed E-state index contributed by atoms with van der Waals surface area (Å²) in [6.45, 7) is 4.37. The summed E-state index contributed by atoms with van der Waals surface area (Å²) < 4.78 is 33.2. The van der Waals surface area contributed by atoms with Crippen molar-refractivity contribution in [3.63, 3.8) is 0 Å². The van der Waals surface area contributed by atoms with Gasteiger partial charge in [-0.3, -0.25) is 4.79 Å². The number of carbonyl (C=O) groups excluding carboxylic acids is 1. The molecular formula is C25H26N2O4S. The van der Waals surface area contributed by atoms with Gasteiger partial charge in [0.1, 0.15) is 0 Å². The Balaban J connectivity index is 1.37. The summed E-state index contributed by atoms with van der Waals surface area (Å²) >= 11 is 0. The Kier molecular flexibility index (Phi) is 5.28. The molecule has 1 amide bonds. The number of rotatable bonds is 4. The number of morpholine rings is 1. The lowest BCUT2D eigenvalue weighted by atomic mass is 10.0. The Bertz CT molecular complexity index is 1280. The predicted molar refractivity (Wildman–Crippen MR) is 125 cm³/mol. The molecule has 1 heterocycles. The third-order valence-corrected chi connectivity index (χ3v) is 8.11. The van der Waals surface area contributed by atoms with Crippen molar-refractivity contribution in [3.05, 3.63) is 71.3 Å². The fraction of sp³-hybridized carbons (Fsp3) is 0.320. The quantitative estimate of drug-likeness (QED) is 0.652. The second-order valence-corrected chi connectivity index (χ2v) is 10.6. The van der Waals surface area contributed by atoms with E-state index in [1.54, 1.807) is 12.1 Å². The second kappa shape index (κ2) is 7.99. The lowest BCUT2D eigenvalue weighted by Crippen LogP contribution is -2.48. The van der Waals surface area contributed by atoms with Crippen LogP contribution in [0.4, 0.5) is 5.69 Å². The SMILES string of the molecule is CC1CN(S(=O)(=O)c2ccc(C(=O)Nc3ccc4c5c(cccc35)CC4)cc2)CC(C)O1. The number of carbonyl (C=O) groups is 1. The van der Waals surface area contributed by atoms with Crippen LogP contribution >= 0.6 is 0 Å². The van der Waals surface area contributed by atoms with Gasteiger partial charge < -0.3 is 10.1 Å². The standard InChI is InChI=1S/C25H26N2O4S/c1-16-14-27(15-17(2)31-16)32(29,30)21-11-8-20(9-12-21)25(28)26-23-13-10-19-7-6-18-4-3-5-22(23)24(18)19/h3-5,8-13,16-17H,6-7,14-15H2,1-2H3,(H,26,28). The van der Waals surface area contributed by atoms with E-state index >= 15 is 0 Å². The number of nitrogens with one attached hydrogen (secondary N) is 1. The maximum atomic E-state index is 13.0. The minimum atomic E-state index is -3.64. The van der Waals surface area contributed by atoms with Gasteiger partial charge in [-0.2, -0.15) is 4.31 Å². The van der Waals surface area contributed by atoms with E-state index in [0.29, 0.717) is 18.7 Å². The molecule has 0 aromatic heterocycles. The number of anilines is 1. The van der Waals surface area contributed by atoms with E-state index in [-0.39, 0.29) is 23.0 Å². The van der Waals surface area contributed by atoms with Crippen LogP contribution in [0, 0.1) is 0 Å². The van der Waals surface area contributed by atoms with Gasteiger partial charge in [0.05, 0.1) is 17.1 Å². The van der Waals surface area contributed by atoms with E-state index in [9.17, 15) is 13.2 Å². The highest BCUT2D eigenvalue weighted by Crippen LogP contribution is 2.35. The molecule has 2 unspecified atom stereocenters. The molecule has 2 atom stereocenters. The molecule has 3 aromatic rings. The summed E-state index contributed by atoms with van der Waals surface area (Å²) in [7, 11) is -3.64. The molecule has 1 aliphatic carbocycles. The fourth-order valence-electron chi connectivity index (χ4n) is 4.80. The van der Waals surface area contributed by atoms with Crippen molar-refractivity contribution in [3.8, 4) is 0 Å². The molecule has 1 aliphatic heterocycles. The number of aryl methyl sites for hydroxylation is 2. The first kappa shape index (κ1) is 21.1. The Hall–Kier alpha value is -2.74. The van der Waals surface area contributed by atoms with Gasteiger partial charge in [-0.05, 0) is 73.5 Å². The summed E-state index contributed by atoms with van der Waals surface area (Å²) in [5.74, 6) is -0.263. The average Bonchev–Trinajstić information content (AvgIpc) is 3.20. The van der Waals surface area contributed by atoms with Crippen LogP contribution < -0.4 is 5.32 Å². The second-order valence-electron chi connectivity index (χ2n) is 8.67. The molecule has 5 rings (SSSR count). The third kappa shape index (κ3) is 3.70. The van der Waals surface area contributed by atoms with Crippen molar-refractivity contribution in [2.75, 3.05) is 18.4 Å². The third-order valence-electron chi connectivity index (χ3n) is 6.27. The zero-order valence-electron chi connectivity index (χ0n) is 18.2. The molecule has 0 bridgehead atoms. The number of hydrogen-bond donors (Lipinski definition) is 1. The molecule has 0 radical (unpaired) electrons. The van der Waals surface area contributed by atoms with E-state index in [1.165, 1.54) is 33.0 Å². The monoisotopic (exact) mass is 450 g/mol. The lowest BCUT2D eigenvalue weighted by Gasteiger charge is -2.34. The minimum Gasteiger partial charge on any atom is -0.373 e. The molecule has 0 spiro atoms. The van der Waals surface area contributed by atoms with Crippen molar-refractivity contribution in [2.24, 2.45) is 0 Å². The van der Waals surface area contributed by atoms with Crippen molar-refractivity contribution in [2.45, 2.75) is 43.8 Å². The summed E-state index contributed by atoms with van der Waals surface area (Å²) in [6, 6.07) is 16.4. The van der Waals surface area contributed by atoms with Gasteiger partial charge in [0.15, 0.2) is 0 Å². The number of hydrogen-bond acceptors (Lipinski definition) is 4. The molecule has 1 N–H and O–H groups in total. The largest absolute Gasteiger partial charge is 0.373 e. The Morgan fingerprint density at radius 3 is 2.28 bits per heavy atom. The topological polar surface area (TPSA) is 75.7 Å². The van der Waals surface area contributed by atoms with Crippen molar-refractivity contribution >= 4 is 32.4 Å². The van der Waals surface area contributed by atoms with E-state index in [0.717, 1.165) is 23.9 Å². The van der Waals surface area contributed by atoms with E-state index in [2.05, 4.69) is 17.4 Å². The zero-order chi connectivity index (χ0) is 22.5. The molecule has 166 valence electrons. The number of amides is 1. The number of nitrogens with zero attached hydrogens (tertiary/aromatic N) is 1. The first-order valence-corrected chi connectivity index (χ1v) is 12.4. The number of sulfonamides is 1. The zero-order valence-corrected chi connectivity index (χ0v) is 19.0. The van der Waals surface area contributed by atoms with E-state index in [4.69, 9.17) is 4.74 Å². The minimum absolute atomic E-state index is 0.156. The van der Waals surface area contributed by atoms with Crippen LogP contribution in [0.5, 0.6) is 0 Å². The highest BCUT2D eigenvalue weighted by molar-refractivity contribution is 7.89. The predicted octanol–water partition coefficient (Wildman–Crippen LogP) is 3.99. The van der Waals surface area contributed by atoms with Gasteiger partial charge in [0.2, 0.25) is 10.0 Å². The number of ether oxygens (including phenoxy) is 1. The average molecular weight is 451 g/mol. The summed E-state index contributed by atoms with van der Waals surface area (Å²) in [6.07, 6.45) is 1.74. The van der Waals surface area contributed by atoms with Crippen molar-refractivity contribution in [1.29, 1.82) is 0 Å². The lowest BCUT2D eigenvalue weighted by molar-refractivity contribution is -0.0440. The molecule has 7 heteroatoms. The van der Waals surface area contributed by atoms with Crippen LogP contribution in [0.2, 0.25) is 0 Å². The van der Waals surface area contributed by atoms with Gasteiger partial charge in [-0.25, -0.2) is 8.42 Å². The molecule has 1 saturated heterocycles. The smallest absolute Gasteiger partial charge is 0.255 e. The van der Waals surface area contributed by atoms with Crippen LogP contribution in [0.15, 0.2) is 59.5 Å². The Morgan fingerprint density at radius 1 is 0.938 bits per heavy atom. The first-order valence-electron chi connectivity index (χ1n) is 10.9. The van der Waals surface area contributed by atoms with Gasteiger partial charge >= 0.3 is 0 Å². The molecule has 6 nitrogen and oxygen atoms in total. The fourth-order valence-corrected chi connectivity index (χ4v) is 6.40. The Labute approximate surface area is 188 Å². The first-order chi connectivity index (χ1) is 15.3. The van der Waals surface area contributed by atoms with E-state index < -0.39 is 10.0 Å². The van der Waals surface area contributed by atoms with Gasteiger partial charge in [-0.1, -0.05) is 24.3 Å².